The standard InChI is InChI=1S/C8H11NO2/c1-11-7-5-3-2-4-6(7)8(9)10/h4-5H,2-3H2,1H3,(H2,9,10). The van der Waals surface area contributed by atoms with Gasteiger partial charge in [-0.05, 0) is 18.9 Å². The number of rotatable bonds is 2. The minimum absolute atomic E-state index is 0.419. The third kappa shape index (κ3) is 1.61. The second kappa shape index (κ2) is 3.23. The summed E-state index contributed by atoms with van der Waals surface area (Å²) in [5.74, 6) is 0.182. The molecule has 0 aromatic heterocycles. The maximum Gasteiger partial charge on any atom is 0.252 e. The predicted molar refractivity (Wildman–Crippen MR) is 41.6 cm³/mol. The highest BCUT2D eigenvalue weighted by Gasteiger charge is 2.13. The minimum atomic E-state index is -0.419. The van der Waals surface area contributed by atoms with E-state index in [1.807, 2.05) is 6.08 Å². The molecule has 3 nitrogen and oxygen atoms in total. The maximum absolute atomic E-state index is 10.8. The van der Waals surface area contributed by atoms with Gasteiger partial charge in [0, 0.05) is 0 Å². The van der Waals surface area contributed by atoms with Crippen LogP contribution in [0.3, 0.4) is 0 Å². The van der Waals surface area contributed by atoms with Gasteiger partial charge in [0.25, 0.3) is 5.91 Å². The quantitative estimate of drug-likeness (QED) is 0.635. The van der Waals surface area contributed by atoms with Gasteiger partial charge < -0.3 is 10.5 Å². The molecule has 0 unspecified atom stereocenters. The molecule has 0 fully saturated rings. The number of carbonyl (C=O) groups is 1. The Hall–Kier alpha value is -1.25. The highest BCUT2D eigenvalue weighted by atomic mass is 16.5. The normalized spacial score (nSPS) is 16.8. The number of amides is 1. The fraction of sp³-hybridized carbons (Fsp3) is 0.375. The summed E-state index contributed by atoms with van der Waals surface area (Å²) in [6.07, 6.45) is 5.46. The van der Waals surface area contributed by atoms with E-state index in [2.05, 4.69) is 0 Å². The lowest BCUT2D eigenvalue weighted by atomic mass is 10.1. The van der Waals surface area contributed by atoms with Gasteiger partial charge in [0.05, 0.1) is 12.7 Å². The van der Waals surface area contributed by atoms with Crippen LogP contribution in [0.15, 0.2) is 23.5 Å². The Morgan fingerprint density at radius 3 is 2.64 bits per heavy atom. The average Bonchev–Trinajstić information content (AvgIpc) is 2.04. The molecule has 11 heavy (non-hydrogen) atoms. The molecule has 1 amide bonds. The van der Waals surface area contributed by atoms with Crippen molar-refractivity contribution in [2.45, 2.75) is 12.8 Å². The van der Waals surface area contributed by atoms with Crippen molar-refractivity contribution < 1.29 is 9.53 Å². The van der Waals surface area contributed by atoms with Crippen molar-refractivity contribution in [2.24, 2.45) is 5.73 Å². The van der Waals surface area contributed by atoms with Crippen LogP contribution in [0.1, 0.15) is 12.8 Å². The van der Waals surface area contributed by atoms with Gasteiger partial charge >= 0.3 is 0 Å². The lowest BCUT2D eigenvalue weighted by molar-refractivity contribution is -0.114. The van der Waals surface area contributed by atoms with Crippen molar-refractivity contribution in [2.75, 3.05) is 7.11 Å². The van der Waals surface area contributed by atoms with Gasteiger partial charge in [-0.2, -0.15) is 0 Å². The van der Waals surface area contributed by atoms with Crippen LogP contribution in [0.2, 0.25) is 0 Å². The largest absolute Gasteiger partial charge is 0.496 e. The van der Waals surface area contributed by atoms with Gasteiger partial charge in [0.1, 0.15) is 5.76 Å². The van der Waals surface area contributed by atoms with E-state index in [-0.39, 0.29) is 0 Å². The van der Waals surface area contributed by atoms with Crippen LogP contribution in [0.4, 0.5) is 0 Å². The molecule has 1 aliphatic carbocycles. The number of hydrogen-bond donors (Lipinski definition) is 1. The maximum atomic E-state index is 10.8. The molecular weight excluding hydrogens is 142 g/mol. The van der Waals surface area contributed by atoms with Gasteiger partial charge in [-0.3, -0.25) is 4.79 Å². The second-order valence-corrected chi connectivity index (χ2v) is 2.33. The van der Waals surface area contributed by atoms with Crippen molar-refractivity contribution in [3.63, 3.8) is 0 Å². The van der Waals surface area contributed by atoms with Crippen molar-refractivity contribution in [3.05, 3.63) is 23.5 Å². The molecule has 0 spiro atoms. The van der Waals surface area contributed by atoms with E-state index in [0.717, 1.165) is 12.8 Å². The molecule has 0 atom stereocenters. The molecule has 0 aliphatic heterocycles. The first-order valence-corrected chi connectivity index (χ1v) is 3.50. The number of allylic oxidation sites excluding steroid dienone is 2. The fourth-order valence-electron chi connectivity index (χ4n) is 1.07. The molecule has 60 valence electrons. The van der Waals surface area contributed by atoms with Crippen LogP contribution >= 0.6 is 0 Å². The van der Waals surface area contributed by atoms with Crippen LogP contribution in [0.25, 0.3) is 0 Å². The third-order valence-corrected chi connectivity index (χ3v) is 1.60. The molecule has 0 saturated heterocycles. The van der Waals surface area contributed by atoms with E-state index < -0.39 is 5.91 Å². The van der Waals surface area contributed by atoms with Gasteiger partial charge in [0.15, 0.2) is 0 Å². The molecule has 0 aromatic rings. The van der Waals surface area contributed by atoms with Gasteiger partial charge in [-0.25, -0.2) is 0 Å². The Kier molecular flexibility index (Phi) is 2.31. The number of primary amides is 1. The molecule has 1 rings (SSSR count). The molecular formula is C8H11NO2. The Balaban J connectivity index is 2.83. The lowest BCUT2D eigenvalue weighted by Crippen LogP contribution is -2.17. The number of methoxy groups -OCH3 is 1. The van der Waals surface area contributed by atoms with E-state index in [4.69, 9.17) is 10.5 Å². The summed E-state index contributed by atoms with van der Waals surface area (Å²) < 4.78 is 4.96. The fourth-order valence-corrected chi connectivity index (χ4v) is 1.07. The summed E-state index contributed by atoms with van der Waals surface area (Å²) in [5, 5.41) is 0. The first-order valence-electron chi connectivity index (χ1n) is 3.50. The Morgan fingerprint density at radius 1 is 1.55 bits per heavy atom. The smallest absolute Gasteiger partial charge is 0.252 e. The zero-order chi connectivity index (χ0) is 8.27. The molecule has 0 radical (unpaired) electrons. The van der Waals surface area contributed by atoms with Gasteiger partial charge in [-0.15, -0.1) is 0 Å². The number of ether oxygens (including phenoxy) is 1. The highest BCUT2D eigenvalue weighted by molar-refractivity contribution is 5.96. The Morgan fingerprint density at radius 2 is 2.18 bits per heavy atom. The summed E-state index contributed by atoms with van der Waals surface area (Å²) >= 11 is 0. The summed E-state index contributed by atoms with van der Waals surface area (Å²) in [6.45, 7) is 0. The SMILES string of the molecule is COC1=CCCC=C1C(N)=O. The molecule has 0 heterocycles. The number of nitrogens with two attached hydrogens (primary N) is 1. The van der Waals surface area contributed by atoms with E-state index in [9.17, 15) is 4.79 Å². The Bertz CT molecular complexity index is 228. The molecule has 3 heteroatoms. The topological polar surface area (TPSA) is 52.3 Å². The molecule has 2 N–H and O–H groups in total. The third-order valence-electron chi connectivity index (χ3n) is 1.60. The van der Waals surface area contributed by atoms with E-state index >= 15 is 0 Å². The van der Waals surface area contributed by atoms with E-state index in [1.54, 1.807) is 6.08 Å². The number of carbonyl (C=O) groups excluding carboxylic acids is 1. The summed E-state index contributed by atoms with van der Waals surface area (Å²) in [6, 6.07) is 0. The van der Waals surface area contributed by atoms with Gasteiger partial charge in [-0.1, -0.05) is 6.08 Å². The summed E-state index contributed by atoms with van der Waals surface area (Å²) in [5.41, 5.74) is 5.60. The molecule has 1 aliphatic rings. The van der Waals surface area contributed by atoms with Crippen molar-refractivity contribution >= 4 is 5.91 Å². The van der Waals surface area contributed by atoms with Crippen LogP contribution in [0, 0.1) is 0 Å². The summed E-state index contributed by atoms with van der Waals surface area (Å²) in [7, 11) is 1.54. The summed E-state index contributed by atoms with van der Waals surface area (Å²) in [4.78, 5) is 10.8. The minimum Gasteiger partial charge on any atom is -0.496 e. The average molecular weight is 153 g/mol. The Labute approximate surface area is 65.5 Å². The van der Waals surface area contributed by atoms with E-state index in [1.165, 1.54) is 7.11 Å². The zero-order valence-corrected chi connectivity index (χ0v) is 6.46. The van der Waals surface area contributed by atoms with Crippen LogP contribution < -0.4 is 5.73 Å². The molecule has 0 bridgehead atoms. The van der Waals surface area contributed by atoms with E-state index in [0.29, 0.717) is 11.3 Å². The monoisotopic (exact) mass is 153 g/mol. The van der Waals surface area contributed by atoms with Crippen molar-refractivity contribution in [3.8, 4) is 0 Å². The second-order valence-electron chi connectivity index (χ2n) is 2.33. The highest BCUT2D eigenvalue weighted by Crippen LogP contribution is 2.18. The van der Waals surface area contributed by atoms with Crippen molar-refractivity contribution in [1.29, 1.82) is 0 Å². The first kappa shape index (κ1) is 7.85. The molecule has 0 aromatic carbocycles. The van der Waals surface area contributed by atoms with Crippen LogP contribution in [-0.2, 0) is 9.53 Å². The zero-order valence-electron chi connectivity index (χ0n) is 6.46. The number of hydrogen-bond acceptors (Lipinski definition) is 2. The van der Waals surface area contributed by atoms with Crippen molar-refractivity contribution in [1.82, 2.24) is 0 Å². The van der Waals surface area contributed by atoms with Gasteiger partial charge in [0.2, 0.25) is 0 Å². The van der Waals surface area contributed by atoms with Crippen LogP contribution in [0.5, 0.6) is 0 Å². The van der Waals surface area contributed by atoms with Crippen LogP contribution in [-0.4, -0.2) is 13.0 Å². The molecule has 0 saturated carbocycles. The predicted octanol–water partition coefficient (Wildman–Crippen LogP) is 0.722. The first-order chi connectivity index (χ1) is 5.25. The lowest BCUT2D eigenvalue weighted by Gasteiger charge is -2.11.